The van der Waals surface area contributed by atoms with Gasteiger partial charge in [-0.15, -0.1) is 0 Å². The van der Waals surface area contributed by atoms with Crippen LogP contribution in [-0.4, -0.2) is 24.6 Å². The van der Waals surface area contributed by atoms with Gasteiger partial charge in [0.1, 0.15) is 5.75 Å². The Morgan fingerprint density at radius 1 is 1.10 bits per heavy atom. The van der Waals surface area contributed by atoms with Crippen molar-refractivity contribution in [1.82, 2.24) is 5.32 Å². The number of amides is 1. The van der Waals surface area contributed by atoms with Crippen LogP contribution in [0.25, 0.3) is 0 Å². The molecular formula is C24H27NO4. The van der Waals surface area contributed by atoms with Gasteiger partial charge in [-0.1, -0.05) is 48.5 Å². The summed E-state index contributed by atoms with van der Waals surface area (Å²) < 4.78 is 11.5. The molecule has 5 heteroatoms. The van der Waals surface area contributed by atoms with Gasteiger partial charge in [0, 0.05) is 30.0 Å². The zero-order chi connectivity index (χ0) is 20.8. The van der Waals surface area contributed by atoms with Gasteiger partial charge in [0.25, 0.3) is 0 Å². The van der Waals surface area contributed by atoms with Crippen LogP contribution in [0.3, 0.4) is 0 Å². The molecule has 1 aliphatic rings. The van der Waals surface area contributed by atoms with Crippen LogP contribution in [0.4, 0.5) is 0 Å². The molecule has 29 heavy (non-hydrogen) atoms. The lowest BCUT2D eigenvalue weighted by Crippen LogP contribution is -2.34. The fourth-order valence-corrected chi connectivity index (χ4v) is 3.55. The highest BCUT2D eigenvalue weighted by molar-refractivity contribution is 5.96. The number of hydrogen-bond donors (Lipinski definition) is 1. The van der Waals surface area contributed by atoms with Gasteiger partial charge in [-0.2, -0.15) is 0 Å². The first-order valence-corrected chi connectivity index (χ1v) is 9.93. The molecule has 0 spiro atoms. The first-order chi connectivity index (χ1) is 14.0. The number of esters is 1. The first kappa shape index (κ1) is 20.6. The summed E-state index contributed by atoms with van der Waals surface area (Å²) in [6.07, 6.45) is 0.807. The van der Waals surface area contributed by atoms with E-state index in [4.69, 9.17) is 9.47 Å². The molecule has 1 aliphatic heterocycles. The smallest absolute Gasteiger partial charge is 0.336 e. The maximum absolute atomic E-state index is 13.0. The molecule has 0 fully saturated rings. The average Bonchev–Trinajstić information content (AvgIpc) is 2.68. The summed E-state index contributed by atoms with van der Waals surface area (Å²) >= 11 is 0. The third-order valence-corrected chi connectivity index (χ3v) is 4.81. The minimum Gasteiger partial charge on any atom is -0.491 e. The van der Waals surface area contributed by atoms with Crippen molar-refractivity contribution in [2.45, 2.75) is 45.6 Å². The van der Waals surface area contributed by atoms with Gasteiger partial charge in [0.05, 0.1) is 18.3 Å². The van der Waals surface area contributed by atoms with Crippen molar-refractivity contribution in [2.24, 2.45) is 0 Å². The van der Waals surface area contributed by atoms with Crippen molar-refractivity contribution >= 4 is 11.9 Å². The molecule has 0 bridgehead atoms. The zero-order valence-corrected chi connectivity index (χ0v) is 17.1. The maximum atomic E-state index is 13.0. The lowest BCUT2D eigenvalue weighted by molar-refractivity contribution is -0.139. The molecule has 0 saturated heterocycles. The van der Waals surface area contributed by atoms with Crippen LogP contribution in [0.5, 0.6) is 5.75 Å². The molecule has 1 heterocycles. The molecule has 3 rings (SSSR count). The summed E-state index contributed by atoms with van der Waals surface area (Å²) in [6.45, 7) is 5.92. The Labute approximate surface area is 171 Å². The van der Waals surface area contributed by atoms with E-state index in [1.165, 1.54) is 0 Å². The summed E-state index contributed by atoms with van der Waals surface area (Å²) in [5.41, 5.74) is 2.95. The Balaban J connectivity index is 1.82. The Hall–Kier alpha value is -3.08. The molecule has 1 amide bonds. The van der Waals surface area contributed by atoms with Crippen LogP contribution < -0.4 is 10.1 Å². The Kier molecular flexibility index (Phi) is 6.70. The third kappa shape index (κ3) is 5.25. The number of benzene rings is 2. The van der Waals surface area contributed by atoms with Crippen LogP contribution in [0.2, 0.25) is 0 Å². The van der Waals surface area contributed by atoms with Crippen molar-refractivity contribution in [3.8, 4) is 5.75 Å². The van der Waals surface area contributed by atoms with E-state index in [0.29, 0.717) is 23.4 Å². The quantitative estimate of drug-likeness (QED) is 0.718. The third-order valence-electron chi connectivity index (χ3n) is 4.81. The van der Waals surface area contributed by atoms with Crippen molar-refractivity contribution in [2.75, 3.05) is 6.61 Å². The Morgan fingerprint density at radius 2 is 1.79 bits per heavy atom. The SMILES string of the molecule is CC1=C(C(=O)OCCc2ccccc2)C(c2ccccc2OC(C)C)CC(=O)N1. The second-order valence-electron chi connectivity index (χ2n) is 7.42. The van der Waals surface area contributed by atoms with Crippen molar-refractivity contribution in [3.05, 3.63) is 77.0 Å². The van der Waals surface area contributed by atoms with Crippen LogP contribution in [0.1, 0.15) is 44.2 Å². The van der Waals surface area contributed by atoms with Gasteiger partial charge in [-0.05, 0) is 32.4 Å². The molecule has 2 aromatic carbocycles. The highest BCUT2D eigenvalue weighted by Crippen LogP contribution is 2.38. The minimum atomic E-state index is -0.400. The summed E-state index contributed by atoms with van der Waals surface area (Å²) in [4.78, 5) is 25.2. The first-order valence-electron chi connectivity index (χ1n) is 9.93. The van der Waals surface area contributed by atoms with E-state index >= 15 is 0 Å². The van der Waals surface area contributed by atoms with E-state index in [0.717, 1.165) is 11.1 Å². The summed E-state index contributed by atoms with van der Waals surface area (Å²) in [5, 5.41) is 2.78. The monoisotopic (exact) mass is 393 g/mol. The van der Waals surface area contributed by atoms with E-state index in [9.17, 15) is 9.59 Å². The highest BCUT2D eigenvalue weighted by Gasteiger charge is 2.34. The number of carbonyl (C=O) groups excluding carboxylic acids is 2. The van der Waals surface area contributed by atoms with Gasteiger partial charge < -0.3 is 14.8 Å². The second-order valence-corrected chi connectivity index (χ2v) is 7.42. The predicted octanol–water partition coefficient (Wildman–Crippen LogP) is 4.14. The molecule has 2 aromatic rings. The van der Waals surface area contributed by atoms with E-state index in [2.05, 4.69) is 5.32 Å². The Morgan fingerprint density at radius 3 is 2.52 bits per heavy atom. The fraction of sp³-hybridized carbons (Fsp3) is 0.333. The highest BCUT2D eigenvalue weighted by atomic mass is 16.5. The molecule has 0 saturated carbocycles. The molecule has 0 radical (unpaired) electrons. The average molecular weight is 393 g/mol. The number of hydrogen-bond acceptors (Lipinski definition) is 4. The van der Waals surface area contributed by atoms with Gasteiger partial charge in [-0.25, -0.2) is 4.79 Å². The van der Waals surface area contributed by atoms with Crippen LogP contribution in [-0.2, 0) is 20.7 Å². The summed E-state index contributed by atoms with van der Waals surface area (Å²) in [6, 6.07) is 17.4. The number of allylic oxidation sites excluding steroid dienone is 1. The van der Waals surface area contributed by atoms with Gasteiger partial charge >= 0.3 is 5.97 Å². The van der Waals surface area contributed by atoms with Crippen LogP contribution in [0, 0.1) is 0 Å². The van der Waals surface area contributed by atoms with Gasteiger partial charge in [0.2, 0.25) is 5.91 Å². The molecule has 0 aromatic heterocycles. The molecule has 1 N–H and O–H groups in total. The van der Waals surface area contributed by atoms with Crippen molar-refractivity contribution in [1.29, 1.82) is 0 Å². The van der Waals surface area contributed by atoms with Gasteiger partial charge in [-0.3, -0.25) is 4.79 Å². The largest absolute Gasteiger partial charge is 0.491 e. The Bertz CT molecular complexity index is 902. The van der Waals surface area contributed by atoms with Gasteiger partial charge in [0.15, 0.2) is 0 Å². The molecule has 152 valence electrons. The predicted molar refractivity (Wildman–Crippen MR) is 112 cm³/mol. The minimum absolute atomic E-state index is 0.0140. The number of rotatable bonds is 7. The second kappa shape index (κ2) is 9.41. The van der Waals surface area contributed by atoms with E-state index in [1.54, 1.807) is 6.92 Å². The van der Waals surface area contributed by atoms with Crippen LogP contribution >= 0.6 is 0 Å². The van der Waals surface area contributed by atoms with Crippen molar-refractivity contribution < 1.29 is 19.1 Å². The molecule has 5 nitrogen and oxygen atoms in total. The zero-order valence-electron chi connectivity index (χ0n) is 17.1. The topological polar surface area (TPSA) is 64.6 Å². The number of nitrogens with one attached hydrogen (secondary N) is 1. The lowest BCUT2D eigenvalue weighted by Gasteiger charge is -2.28. The molecule has 1 atom stereocenters. The standard InChI is InChI=1S/C24H27NO4/c1-16(2)29-21-12-8-7-11-19(21)20-15-22(26)25-17(3)23(20)24(27)28-14-13-18-9-5-4-6-10-18/h4-12,16,20H,13-15H2,1-3H3,(H,25,26). The lowest BCUT2D eigenvalue weighted by atomic mass is 9.84. The summed E-state index contributed by atoms with van der Waals surface area (Å²) in [7, 11) is 0. The fourth-order valence-electron chi connectivity index (χ4n) is 3.55. The summed E-state index contributed by atoms with van der Waals surface area (Å²) in [5.74, 6) is -0.233. The molecular weight excluding hydrogens is 366 g/mol. The van der Waals surface area contributed by atoms with Crippen LogP contribution in [0.15, 0.2) is 65.9 Å². The maximum Gasteiger partial charge on any atom is 0.336 e. The molecule has 0 aliphatic carbocycles. The van der Waals surface area contributed by atoms with E-state index < -0.39 is 11.9 Å². The van der Waals surface area contributed by atoms with E-state index in [-0.39, 0.29) is 25.0 Å². The van der Waals surface area contributed by atoms with E-state index in [1.807, 2.05) is 68.4 Å². The number of carbonyl (C=O) groups is 2. The normalized spacial score (nSPS) is 16.6. The van der Waals surface area contributed by atoms with Crippen molar-refractivity contribution in [3.63, 3.8) is 0 Å². The number of para-hydroxylation sites is 1. The number of ether oxygens (including phenoxy) is 2. The molecule has 1 unspecified atom stereocenters.